The van der Waals surface area contributed by atoms with E-state index in [1.165, 1.54) is 0 Å². The Balaban J connectivity index is 0.000000531. The molecule has 3 nitrogen and oxygen atoms in total. The molecule has 0 aliphatic rings. The van der Waals surface area contributed by atoms with E-state index in [0.717, 1.165) is 11.5 Å². The summed E-state index contributed by atoms with van der Waals surface area (Å²) in [6, 6.07) is 19.5. The quantitative estimate of drug-likeness (QED) is 0.580. The topological polar surface area (TPSA) is 61.3 Å². The molecule has 0 atom stereocenters. The number of hydrazine groups is 1. The van der Waals surface area contributed by atoms with E-state index in [4.69, 9.17) is 4.74 Å². The van der Waals surface area contributed by atoms with Gasteiger partial charge in [-0.25, -0.2) is 0 Å². The number of ether oxygens (including phenoxy) is 1. The molecule has 0 amide bonds. The van der Waals surface area contributed by atoms with Gasteiger partial charge in [-0.05, 0) is 24.3 Å². The zero-order chi connectivity index (χ0) is 10.9. The molecule has 4 N–H and O–H groups in total. The average molecular weight is 202 g/mol. The zero-order valence-corrected chi connectivity index (χ0v) is 8.34. The Bertz CT molecular complexity index is 324. The van der Waals surface area contributed by atoms with Crippen molar-refractivity contribution in [3.8, 4) is 11.5 Å². The van der Waals surface area contributed by atoms with Gasteiger partial charge in [-0.1, -0.05) is 36.4 Å². The summed E-state index contributed by atoms with van der Waals surface area (Å²) in [6.07, 6.45) is 0. The Morgan fingerprint density at radius 3 is 1.27 bits per heavy atom. The van der Waals surface area contributed by atoms with E-state index in [9.17, 15) is 0 Å². The number of benzene rings is 2. The summed E-state index contributed by atoms with van der Waals surface area (Å²) >= 11 is 0. The summed E-state index contributed by atoms with van der Waals surface area (Å²) in [5, 5.41) is 0. The molecule has 78 valence electrons. The monoisotopic (exact) mass is 202 g/mol. The molecule has 0 saturated heterocycles. The van der Waals surface area contributed by atoms with Crippen LogP contribution in [0.2, 0.25) is 0 Å². The van der Waals surface area contributed by atoms with Crippen LogP contribution in [0.5, 0.6) is 11.5 Å². The van der Waals surface area contributed by atoms with Gasteiger partial charge in [-0.15, -0.1) is 0 Å². The number of hydrogen-bond acceptors (Lipinski definition) is 3. The number of para-hydroxylation sites is 2. The number of hydrogen-bond donors (Lipinski definition) is 2. The Hall–Kier alpha value is -1.84. The third-order valence-corrected chi connectivity index (χ3v) is 1.72. The fourth-order valence-electron chi connectivity index (χ4n) is 1.11. The first-order valence-electron chi connectivity index (χ1n) is 4.56. The first-order valence-corrected chi connectivity index (χ1v) is 4.56. The van der Waals surface area contributed by atoms with E-state index in [1.807, 2.05) is 60.7 Å². The second kappa shape index (κ2) is 6.59. The second-order valence-corrected chi connectivity index (χ2v) is 2.73. The summed E-state index contributed by atoms with van der Waals surface area (Å²) in [4.78, 5) is 0. The fourth-order valence-corrected chi connectivity index (χ4v) is 1.11. The standard InChI is InChI=1S/C12H10O.H4N2/c1-3-7-11(8-4-1)13-12-9-5-2-6-10-12;1-2/h1-10H;1-2H2. The Morgan fingerprint density at radius 2 is 0.933 bits per heavy atom. The SMILES string of the molecule is NN.c1ccc(Oc2ccccc2)cc1. The molecule has 3 heteroatoms. The average Bonchev–Trinajstić information content (AvgIpc) is 2.34. The van der Waals surface area contributed by atoms with Crippen molar-refractivity contribution in [2.45, 2.75) is 0 Å². The third kappa shape index (κ3) is 3.81. The van der Waals surface area contributed by atoms with Crippen molar-refractivity contribution in [2.75, 3.05) is 0 Å². The van der Waals surface area contributed by atoms with Gasteiger partial charge in [0.05, 0.1) is 0 Å². The van der Waals surface area contributed by atoms with Crippen molar-refractivity contribution in [3.05, 3.63) is 60.7 Å². The molecule has 0 bridgehead atoms. The van der Waals surface area contributed by atoms with Gasteiger partial charge in [0.2, 0.25) is 0 Å². The van der Waals surface area contributed by atoms with Crippen LogP contribution in [0, 0.1) is 0 Å². The maximum atomic E-state index is 5.58. The minimum absolute atomic E-state index is 0.869. The molecule has 2 rings (SSSR count). The van der Waals surface area contributed by atoms with E-state index < -0.39 is 0 Å². The lowest BCUT2D eigenvalue weighted by Crippen LogP contribution is -2.02. The summed E-state index contributed by atoms with van der Waals surface area (Å²) in [5.74, 6) is 9.74. The molecular formula is C12H14N2O. The highest BCUT2D eigenvalue weighted by Crippen LogP contribution is 2.19. The maximum Gasteiger partial charge on any atom is 0.127 e. The smallest absolute Gasteiger partial charge is 0.127 e. The van der Waals surface area contributed by atoms with Crippen molar-refractivity contribution in [3.63, 3.8) is 0 Å². The van der Waals surface area contributed by atoms with Gasteiger partial charge in [0.25, 0.3) is 0 Å². The fraction of sp³-hybridized carbons (Fsp3) is 0. The molecule has 0 fully saturated rings. The molecule has 0 aromatic heterocycles. The highest BCUT2D eigenvalue weighted by atomic mass is 16.5. The van der Waals surface area contributed by atoms with Gasteiger partial charge in [0.1, 0.15) is 11.5 Å². The van der Waals surface area contributed by atoms with Gasteiger partial charge < -0.3 is 4.74 Å². The molecule has 15 heavy (non-hydrogen) atoms. The van der Waals surface area contributed by atoms with Crippen LogP contribution in [-0.2, 0) is 0 Å². The molecule has 0 radical (unpaired) electrons. The highest BCUT2D eigenvalue weighted by Gasteiger charge is 1.92. The largest absolute Gasteiger partial charge is 0.457 e. The van der Waals surface area contributed by atoms with Gasteiger partial charge in [-0.3, -0.25) is 11.7 Å². The Kier molecular flexibility index (Phi) is 4.94. The first-order chi connectivity index (χ1) is 7.45. The van der Waals surface area contributed by atoms with Crippen LogP contribution in [0.25, 0.3) is 0 Å². The molecular weight excluding hydrogens is 188 g/mol. The van der Waals surface area contributed by atoms with Crippen LogP contribution in [0.15, 0.2) is 60.7 Å². The maximum absolute atomic E-state index is 5.58. The molecule has 0 spiro atoms. The summed E-state index contributed by atoms with van der Waals surface area (Å²) in [5.41, 5.74) is 0. The van der Waals surface area contributed by atoms with Crippen LogP contribution < -0.4 is 16.4 Å². The molecule has 0 heterocycles. The van der Waals surface area contributed by atoms with E-state index >= 15 is 0 Å². The van der Waals surface area contributed by atoms with Gasteiger partial charge >= 0.3 is 0 Å². The number of nitrogens with two attached hydrogens (primary N) is 2. The van der Waals surface area contributed by atoms with Gasteiger partial charge in [-0.2, -0.15) is 0 Å². The van der Waals surface area contributed by atoms with Crippen LogP contribution in [-0.4, -0.2) is 0 Å². The van der Waals surface area contributed by atoms with E-state index in [0.29, 0.717) is 0 Å². The highest BCUT2D eigenvalue weighted by molar-refractivity contribution is 5.30. The minimum Gasteiger partial charge on any atom is -0.457 e. The minimum atomic E-state index is 0.869. The Morgan fingerprint density at radius 1 is 0.600 bits per heavy atom. The predicted molar refractivity (Wildman–Crippen MR) is 61.3 cm³/mol. The second-order valence-electron chi connectivity index (χ2n) is 2.73. The van der Waals surface area contributed by atoms with Gasteiger partial charge in [0.15, 0.2) is 0 Å². The summed E-state index contributed by atoms with van der Waals surface area (Å²) < 4.78 is 5.58. The van der Waals surface area contributed by atoms with Crippen molar-refractivity contribution >= 4 is 0 Å². The van der Waals surface area contributed by atoms with Crippen LogP contribution >= 0.6 is 0 Å². The van der Waals surface area contributed by atoms with Crippen molar-refractivity contribution < 1.29 is 4.74 Å². The lowest BCUT2D eigenvalue weighted by atomic mass is 10.3. The molecule has 2 aromatic rings. The van der Waals surface area contributed by atoms with Crippen molar-refractivity contribution in [2.24, 2.45) is 11.7 Å². The molecule has 0 aliphatic heterocycles. The third-order valence-electron chi connectivity index (χ3n) is 1.72. The lowest BCUT2D eigenvalue weighted by molar-refractivity contribution is 0.482. The first kappa shape index (κ1) is 11.2. The lowest BCUT2D eigenvalue weighted by Gasteiger charge is -2.03. The van der Waals surface area contributed by atoms with Crippen LogP contribution in [0.4, 0.5) is 0 Å². The predicted octanol–water partition coefficient (Wildman–Crippen LogP) is 2.30. The van der Waals surface area contributed by atoms with Gasteiger partial charge in [0, 0.05) is 0 Å². The normalized spacial score (nSPS) is 8.67. The Labute approximate surface area is 89.3 Å². The summed E-state index contributed by atoms with van der Waals surface area (Å²) in [7, 11) is 0. The summed E-state index contributed by atoms with van der Waals surface area (Å²) in [6.45, 7) is 0. The molecule has 0 aliphatic carbocycles. The molecule has 0 unspecified atom stereocenters. The van der Waals surface area contributed by atoms with Crippen LogP contribution in [0.1, 0.15) is 0 Å². The van der Waals surface area contributed by atoms with E-state index in [1.54, 1.807) is 0 Å². The van der Waals surface area contributed by atoms with E-state index in [2.05, 4.69) is 11.7 Å². The zero-order valence-electron chi connectivity index (χ0n) is 8.34. The molecule has 0 saturated carbocycles. The van der Waals surface area contributed by atoms with Crippen molar-refractivity contribution in [1.82, 2.24) is 0 Å². The van der Waals surface area contributed by atoms with Crippen molar-refractivity contribution in [1.29, 1.82) is 0 Å². The number of rotatable bonds is 2. The van der Waals surface area contributed by atoms with E-state index in [-0.39, 0.29) is 0 Å². The molecule has 2 aromatic carbocycles. The van der Waals surface area contributed by atoms with Crippen LogP contribution in [0.3, 0.4) is 0 Å².